The molecule has 0 radical (unpaired) electrons. The Morgan fingerprint density at radius 2 is 2.00 bits per heavy atom. The summed E-state index contributed by atoms with van der Waals surface area (Å²) in [5, 5.41) is 10.9. The summed E-state index contributed by atoms with van der Waals surface area (Å²) in [7, 11) is 0. The SMILES string of the molecule is CC(C)(O)c1cc2cc(Br)ccc2[nH]1. The summed E-state index contributed by atoms with van der Waals surface area (Å²) in [6, 6.07) is 7.98. The van der Waals surface area contributed by atoms with Gasteiger partial charge in [0.1, 0.15) is 0 Å². The van der Waals surface area contributed by atoms with Crippen LogP contribution in [0.15, 0.2) is 28.7 Å². The molecule has 14 heavy (non-hydrogen) atoms. The minimum Gasteiger partial charge on any atom is -0.384 e. The van der Waals surface area contributed by atoms with Gasteiger partial charge in [-0.3, -0.25) is 0 Å². The third-order valence-corrected chi connectivity index (χ3v) is 2.74. The molecule has 0 aliphatic carbocycles. The van der Waals surface area contributed by atoms with Crippen molar-refractivity contribution in [2.24, 2.45) is 0 Å². The smallest absolute Gasteiger partial charge is 0.0987 e. The first-order valence-electron chi connectivity index (χ1n) is 4.48. The van der Waals surface area contributed by atoms with Crippen LogP contribution in [0.2, 0.25) is 0 Å². The van der Waals surface area contributed by atoms with Crippen molar-refractivity contribution in [3.8, 4) is 0 Å². The van der Waals surface area contributed by atoms with Crippen molar-refractivity contribution in [3.05, 3.63) is 34.4 Å². The average molecular weight is 254 g/mol. The number of rotatable bonds is 1. The molecule has 0 atom stereocenters. The van der Waals surface area contributed by atoms with Gasteiger partial charge in [-0.05, 0) is 38.1 Å². The number of aromatic nitrogens is 1. The number of nitrogens with one attached hydrogen (secondary N) is 1. The van der Waals surface area contributed by atoms with Crippen molar-refractivity contribution >= 4 is 26.8 Å². The quantitative estimate of drug-likeness (QED) is 0.805. The van der Waals surface area contributed by atoms with Crippen LogP contribution in [0.1, 0.15) is 19.5 Å². The Morgan fingerprint density at radius 3 is 2.64 bits per heavy atom. The molecule has 2 N–H and O–H groups in total. The first-order valence-corrected chi connectivity index (χ1v) is 5.27. The maximum atomic E-state index is 9.82. The molecule has 0 saturated carbocycles. The van der Waals surface area contributed by atoms with Crippen LogP contribution in [0, 0.1) is 0 Å². The fraction of sp³-hybridized carbons (Fsp3) is 0.273. The third kappa shape index (κ3) is 1.70. The van der Waals surface area contributed by atoms with Crippen LogP contribution >= 0.6 is 15.9 Å². The number of benzene rings is 1. The van der Waals surface area contributed by atoms with Gasteiger partial charge in [-0.1, -0.05) is 15.9 Å². The van der Waals surface area contributed by atoms with Crippen molar-refractivity contribution < 1.29 is 5.11 Å². The highest BCUT2D eigenvalue weighted by Gasteiger charge is 2.18. The number of fused-ring (bicyclic) bond motifs is 1. The Labute approximate surface area is 91.1 Å². The Bertz CT molecular complexity index is 468. The van der Waals surface area contributed by atoms with Crippen molar-refractivity contribution in [2.75, 3.05) is 0 Å². The Hall–Kier alpha value is -0.800. The molecule has 2 rings (SSSR count). The number of aromatic amines is 1. The molecule has 0 unspecified atom stereocenters. The topological polar surface area (TPSA) is 36.0 Å². The van der Waals surface area contributed by atoms with E-state index in [2.05, 4.69) is 20.9 Å². The molecular weight excluding hydrogens is 242 g/mol. The minimum atomic E-state index is -0.814. The number of halogens is 1. The molecule has 3 heteroatoms. The van der Waals surface area contributed by atoms with Crippen LogP contribution < -0.4 is 0 Å². The molecule has 1 heterocycles. The van der Waals surface area contributed by atoms with E-state index in [1.165, 1.54) is 0 Å². The van der Waals surface area contributed by atoms with Gasteiger partial charge >= 0.3 is 0 Å². The van der Waals surface area contributed by atoms with E-state index in [-0.39, 0.29) is 0 Å². The standard InChI is InChI=1S/C11H12BrNO/c1-11(2,14)10-6-7-5-8(12)3-4-9(7)13-10/h3-6,13-14H,1-2H3. The Balaban J connectivity index is 2.63. The van der Waals surface area contributed by atoms with Gasteiger partial charge in [0.2, 0.25) is 0 Å². The van der Waals surface area contributed by atoms with Crippen LogP contribution in [0.4, 0.5) is 0 Å². The molecule has 2 nitrogen and oxygen atoms in total. The summed E-state index contributed by atoms with van der Waals surface area (Å²) in [6.45, 7) is 3.54. The fourth-order valence-electron chi connectivity index (χ4n) is 1.43. The molecule has 0 aliphatic rings. The Kier molecular flexibility index (Phi) is 2.16. The number of aliphatic hydroxyl groups is 1. The van der Waals surface area contributed by atoms with Crippen molar-refractivity contribution in [2.45, 2.75) is 19.4 Å². The van der Waals surface area contributed by atoms with Gasteiger partial charge in [0.25, 0.3) is 0 Å². The van der Waals surface area contributed by atoms with Gasteiger partial charge in [0.15, 0.2) is 0 Å². The first-order chi connectivity index (χ1) is 6.47. The zero-order chi connectivity index (χ0) is 10.3. The first kappa shape index (κ1) is 9.74. The van der Waals surface area contributed by atoms with E-state index < -0.39 is 5.60 Å². The van der Waals surface area contributed by atoms with E-state index in [1.54, 1.807) is 13.8 Å². The second-order valence-electron chi connectivity index (χ2n) is 3.97. The summed E-state index contributed by atoms with van der Waals surface area (Å²) in [5.41, 5.74) is 1.07. The largest absolute Gasteiger partial charge is 0.384 e. The normalized spacial score (nSPS) is 12.3. The zero-order valence-electron chi connectivity index (χ0n) is 8.13. The number of H-pyrrole nitrogens is 1. The summed E-state index contributed by atoms with van der Waals surface area (Å²) >= 11 is 3.42. The van der Waals surface area contributed by atoms with Crippen LogP contribution in [0.25, 0.3) is 10.9 Å². The predicted molar refractivity (Wildman–Crippen MR) is 61.2 cm³/mol. The zero-order valence-corrected chi connectivity index (χ0v) is 9.72. The monoisotopic (exact) mass is 253 g/mol. The molecule has 0 fully saturated rings. The summed E-state index contributed by atoms with van der Waals surface area (Å²) < 4.78 is 1.05. The lowest BCUT2D eigenvalue weighted by molar-refractivity contribution is 0.0747. The molecule has 0 amide bonds. The lowest BCUT2D eigenvalue weighted by atomic mass is 10.1. The molecule has 1 aromatic heterocycles. The average Bonchev–Trinajstić information content (AvgIpc) is 2.45. The molecule has 74 valence electrons. The summed E-state index contributed by atoms with van der Waals surface area (Å²) in [6.07, 6.45) is 0. The lowest BCUT2D eigenvalue weighted by Crippen LogP contribution is -2.15. The van der Waals surface area contributed by atoms with Crippen molar-refractivity contribution in [1.29, 1.82) is 0 Å². The highest BCUT2D eigenvalue weighted by Crippen LogP contribution is 2.25. The highest BCUT2D eigenvalue weighted by atomic mass is 79.9. The van der Waals surface area contributed by atoms with E-state index in [9.17, 15) is 5.11 Å². The van der Waals surface area contributed by atoms with E-state index in [1.807, 2.05) is 24.3 Å². The van der Waals surface area contributed by atoms with E-state index in [4.69, 9.17) is 0 Å². The van der Waals surface area contributed by atoms with Gasteiger partial charge in [0, 0.05) is 21.1 Å². The van der Waals surface area contributed by atoms with Crippen molar-refractivity contribution in [1.82, 2.24) is 4.98 Å². The van der Waals surface area contributed by atoms with Gasteiger partial charge < -0.3 is 10.1 Å². The van der Waals surface area contributed by atoms with Crippen LogP contribution in [0.5, 0.6) is 0 Å². The highest BCUT2D eigenvalue weighted by molar-refractivity contribution is 9.10. The molecule has 0 spiro atoms. The van der Waals surface area contributed by atoms with Gasteiger partial charge in [0.05, 0.1) is 5.60 Å². The fourth-order valence-corrected chi connectivity index (χ4v) is 1.81. The van der Waals surface area contributed by atoms with E-state index in [0.29, 0.717) is 0 Å². The number of hydrogen-bond donors (Lipinski definition) is 2. The molecule has 0 bridgehead atoms. The lowest BCUT2D eigenvalue weighted by Gasteiger charge is -2.14. The molecular formula is C11H12BrNO. The maximum absolute atomic E-state index is 9.82. The predicted octanol–water partition coefficient (Wildman–Crippen LogP) is 3.16. The van der Waals surface area contributed by atoms with Crippen LogP contribution in [0.3, 0.4) is 0 Å². The van der Waals surface area contributed by atoms with E-state index >= 15 is 0 Å². The molecule has 2 aromatic rings. The number of hydrogen-bond acceptors (Lipinski definition) is 1. The second kappa shape index (κ2) is 3.11. The summed E-state index contributed by atoms with van der Waals surface area (Å²) in [5.74, 6) is 0. The Morgan fingerprint density at radius 1 is 1.29 bits per heavy atom. The van der Waals surface area contributed by atoms with E-state index in [0.717, 1.165) is 21.1 Å². The van der Waals surface area contributed by atoms with Gasteiger partial charge in [-0.15, -0.1) is 0 Å². The second-order valence-corrected chi connectivity index (χ2v) is 4.89. The minimum absolute atomic E-state index is 0.814. The third-order valence-electron chi connectivity index (χ3n) is 2.24. The van der Waals surface area contributed by atoms with Crippen LogP contribution in [-0.2, 0) is 5.60 Å². The van der Waals surface area contributed by atoms with Crippen molar-refractivity contribution in [3.63, 3.8) is 0 Å². The molecule has 0 aliphatic heterocycles. The maximum Gasteiger partial charge on any atom is 0.0987 e. The van der Waals surface area contributed by atoms with Gasteiger partial charge in [-0.2, -0.15) is 0 Å². The summed E-state index contributed by atoms with van der Waals surface area (Å²) in [4.78, 5) is 3.19. The van der Waals surface area contributed by atoms with Crippen LogP contribution in [-0.4, -0.2) is 10.1 Å². The van der Waals surface area contributed by atoms with Gasteiger partial charge in [-0.25, -0.2) is 0 Å². The molecule has 1 aromatic carbocycles. The molecule has 0 saturated heterocycles.